The van der Waals surface area contributed by atoms with E-state index in [9.17, 15) is 9.18 Å². The van der Waals surface area contributed by atoms with Crippen molar-refractivity contribution in [1.82, 2.24) is 9.78 Å². The second kappa shape index (κ2) is 5.70. The van der Waals surface area contributed by atoms with E-state index in [4.69, 9.17) is 10.5 Å². The maximum Gasteiger partial charge on any atom is 0.246 e. The molecule has 1 atom stereocenters. The molecule has 0 aliphatic heterocycles. The largest absolute Gasteiger partial charge is 0.494 e. The molecule has 0 saturated heterocycles. The molecular formula is C13H15FN4O2. The molecule has 1 aromatic heterocycles. The van der Waals surface area contributed by atoms with E-state index in [1.165, 1.54) is 31.5 Å². The van der Waals surface area contributed by atoms with Gasteiger partial charge in [-0.25, -0.2) is 4.39 Å². The number of nitrogens with zero attached hydrogens (tertiary/aromatic N) is 2. The molecule has 0 aliphatic carbocycles. The number of carbonyl (C=O) groups is 1. The fourth-order valence-electron chi connectivity index (χ4n) is 1.73. The Labute approximate surface area is 115 Å². The third-order valence-electron chi connectivity index (χ3n) is 2.79. The number of methoxy groups -OCH3 is 1. The van der Waals surface area contributed by atoms with E-state index >= 15 is 0 Å². The lowest BCUT2D eigenvalue weighted by Crippen LogP contribution is -2.27. The number of halogens is 1. The molecule has 0 saturated carbocycles. The van der Waals surface area contributed by atoms with Crippen LogP contribution in [0.5, 0.6) is 5.75 Å². The van der Waals surface area contributed by atoms with E-state index in [0.29, 0.717) is 11.3 Å². The lowest BCUT2D eigenvalue weighted by atomic mass is 10.1. The second-order valence-electron chi connectivity index (χ2n) is 4.26. The molecule has 3 N–H and O–H groups in total. The molecule has 0 spiro atoms. The van der Waals surface area contributed by atoms with Crippen LogP contribution in [0.15, 0.2) is 30.6 Å². The molecule has 7 heteroatoms. The summed E-state index contributed by atoms with van der Waals surface area (Å²) in [6.07, 6.45) is 3.18. The standard InChI is InChI=1S/C13H15FN4O2/c1-18-7-8(6-16-18)12(15)13(19)17-10-4-3-9(14)5-11(10)20-2/h3-7,12H,15H2,1-2H3,(H,17,19). The highest BCUT2D eigenvalue weighted by Crippen LogP contribution is 2.25. The minimum absolute atomic E-state index is 0.233. The number of hydrogen-bond acceptors (Lipinski definition) is 4. The Morgan fingerprint density at radius 2 is 2.30 bits per heavy atom. The molecule has 0 fully saturated rings. The minimum Gasteiger partial charge on any atom is -0.494 e. The molecule has 2 aromatic rings. The average Bonchev–Trinajstić information content (AvgIpc) is 2.86. The zero-order valence-electron chi connectivity index (χ0n) is 11.1. The van der Waals surface area contributed by atoms with Gasteiger partial charge in [-0.05, 0) is 12.1 Å². The van der Waals surface area contributed by atoms with E-state index in [1.54, 1.807) is 17.9 Å². The number of rotatable bonds is 4. The van der Waals surface area contributed by atoms with Gasteiger partial charge in [0.25, 0.3) is 0 Å². The average molecular weight is 278 g/mol. The number of benzene rings is 1. The Balaban J connectivity index is 2.15. The van der Waals surface area contributed by atoms with Crippen molar-refractivity contribution in [1.29, 1.82) is 0 Å². The normalized spacial score (nSPS) is 12.0. The van der Waals surface area contributed by atoms with Crippen molar-refractivity contribution in [3.63, 3.8) is 0 Å². The summed E-state index contributed by atoms with van der Waals surface area (Å²) in [5.41, 5.74) is 6.79. The van der Waals surface area contributed by atoms with Crippen LogP contribution in [0.3, 0.4) is 0 Å². The highest BCUT2D eigenvalue weighted by molar-refractivity contribution is 5.96. The highest BCUT2D eigenvalue weighted by Gasteiger charge is 2.18. The predicted octanol–water partition coefficient (Wildman–Crippen LogP) is 1.21. The Hall–Kier alpha value is -2.41. The smallest absolute Gasteiger partial charge is 0.246 e. The fraction of sp³-hybridized carbons (Fsp3) is 0.231. The fourth-order valence-corrected chi connectivity index (χ4v) is 1.73. The molecule has 2 rings (SSSR count). The van der Waals surface area contributed by atoms with E-state index < -0.39 is 17.8 Å². The molecule has 0 aliphatic rings. The summed E-state index contributed by atoms with van der Waals surface area (Å²) in [5.74, 6) is -0.643. The zero-order chi connectivity index (χ0) is 14.7. The van der Waals surface area contributed by atoms with Gasteiger partial charge in [0.05, 0.1) is 19.0 Å². The van der Waals surface area contributed by atoms with Crippen LogP contribution in [0.1, 0.15) is 11.6 Å². The van der Waals surface area contributed by atoms with Gasteiger partial charge in [-0.3, -0.25) is 9.48 Å². The van der Waals surface area contributed by atoms with Crippen molar-refractivity contribution in [2.75, 3.05) is 12.4 Å². The van der Waals surface area contributed by atoms with Crippen LogP contribution in [0.4, 0.5) is 10.1 Å². The number of aryl methyl sites for hydroxylation is 1. The first-order chi connectivity index (χ1) is 9.51. The van der Waals surface area contributed by atoms with Crippen LogP contribution in [0.2, 0.25) is 0 Å². The summed E-state index contributed by atoms with van der Waals surface area (Å²) in [7, 11) is 3.13. The monoisotopic (exact) mass is 278 g/mol. The lowest BCUT2D eigenvalue weighted by Gasteiger charge is -2.13. The van der Waals surface area contributed by atoms with Crippen molar-refractivity contribution in [2.45, 2.75) is 6.04 Å². The maximum atomic E-state index is 13.1. The summed E-state index contributed by atoms with van der Waals surface area (Å²) in [6, 6.07) is 2.97. The third-order valence-corrected chi connectivity index (χ3v) is 2.79. The van der Waals surface area contributed by atoms with Crippen LogP contribution in [0, 0.1) is 5.82 Å². The first-order valence-corrected chi connectivity index (χ1v) is 5.90. The van der Waals surface area contributed by atoms with Crippen LogP contribution in [-0.2, 0) is 11.8 Å². The number of amides is 1. The SMILES string of the molecule is COc1cc(F)ccc1NC(=O)C(N)c1cnn(C)c1. The van der Waals surface area contributed by atoms with E-state index in [-0.39, 0.29) is 5.75 Å². The first kappa shape index (κ1) is 14.0. The van der Waals surface area contributed by atoms with Gasteiger partial charge >= 0.3 is 0 Å². The van der Waals surface area contributed by atoms with Gasteiger partial charge < -0.3 is 15.8 Å². The lowest BCUT2D eigenvalue weighted by molar-refractivity contribution is -0.117. The first-order valence-electron chi connectivity index (χ1n) is 5.90. The van der Waals surface area contributed by atoms with Crippen molar-refractivity contribution in [3.8, 4) is 5.75 Å². The molecule has 1 aromatic carbocycles. The topological polar surface area (TPSA) is 82.2 Å². The minimum atomic E-state index is -0.863. The van der Waals surface area contributed by atoms with Gasteiger partial charge in [-0.15, -0.1) is 0 Å². The van der Waals surface area contributed by atoms with E-state index in [1.807, 2.05) is 0 Å². The summed E-state index contributed by atoms with van der Waals surface area (Å²) in [6.45, 7) is 0. The van der Waals surface area contributed by atoms with Crippen molar-refractivity contribution in [2.24, 2.45) is 12.8 Å². The highest BCUT2D eigenvalue weighted by atomic mass is 19.1. The number of nitrogens with one attached hydrogen (secondary N) is 1. The molecular weight excluding hydrogens is 263 g/mol. The van der Waals surface area contributed by atoms with Crippen LogP contribution in [-0.4, -0.2) is 22.8 Å². The van der Waals surface area contributed by atoms with Gasteiger partial charge in [-0.1, -0.05) is 0 Å². The van der Waals surface area contributed by atoms with Crippen molar-refractivity contribution < 1.29 is 13.9 Å². The molecule has 1 heterocycles. The zero-order valence-corrected chi connectivity index (χ0v) is 11.1. The van der Waals surface area contributed by atoms with Crippen LogP contribution in [0.25, 0.3) is 0 Å². The molecule has 6 nitrogen and oxygen atoms in total. The number of hydrogen-bond donors (Lipinski definition) is 2. The Morgan fingerprint density at radius 1 is 1.55 bits per heavy atom. The van der Waals surface area contributed by atoms with E-state index in [2.05, 4.69) is 10.4 Å². The number of carbonyl (C=O) groups excluding carboxylic acids is 1. The number of ether oxygens (including phenoxy) is 1. The Bertz CT molecular complexity index is 627. The quantitative estimate of drug-likeness (QED) is 0.880. The molecule has 1 unspecified atom stereocenters. The summed E-state index contributed by atoms with van der Waals surface area (Å²) < 4.78 is 19.6. The van der Waals surface area contributed by atoms with E-state index in [0.717, 1.165) is 0 Å². The third kappa shape index (κ3) is 2.94. The van der Waals surface area contributed by atoms with Crippen molar-refractivity contribution >= 4 is 11.6 Å². The van der Waals surface area contributed by atoms with Gasteiger partial charge in [0.2, 0.25) is 5.91 Å². The van der Waals surface area contributed by atoms with Crippen molar-refractivity contribution in [3.05, 3.63) is 42.0 Å². The molecule has 0 radical (unpaired) electrons. The van der Waals surface area contributed by atoms with Crippen LogP contribution < -0.4 is 15.8 Å². The summed E-state index contributed by atoms with van der Waals surface area (Å²) in [5, 5.41) is 6.56. The molecule has 0 bridgehead atoms. The maximum absolute atomic E-state index is 13.1. The van der Waals surface area contributed by atoms with Crippen LogP contribution >= 0.6 is 0 Å². The summed E-state index contributed by atoms with van der Waals surface area (Å²) >= 11 is 0. The predicted molar refractivity (Wildman–Crippen MR) is 71.7 cm³/mol. The van der Waals surface area contributed by atoms with Gasteiger partial charge in [0.15, 0.2) is 0 Å². The molecule has 20 heavy (non-hydrogen) atoms. The number of nitrogens with two attached hydrogens (primary N) is 1. The number of anilines is 1. The Kier molecular flexibility index (Phi) is 3.99. The number of aromatic nitrogens is 2. The Morgan fingerprint density at radius 3 is 2.90 bits per heavy atom. The second-order valence-corrected chi connectivity index (χ2v) is 4.26. The van der Waals surface area contributed by atoms with Gasteiger partial charge in [0.1, 0.15) is 17.6 Å². The van der Waals surface area contributed by atoms with Gasteiger partial charge in [0, 0.05) is 24.9 Å². The summed E-state index contributed by atoms with van der Waals surface area (Å²) in [4.78, 5) is 12.1. The molecule has 1 amide bonds. The molecule has 106 valence electrons. The van der Waals surface area contributed by atoms with Gasteiger partial charge in [-0.2, -0.15) is 5.10 Å².